The van der Waals surface area contributed by atoms with E-state index in [1.165, 1.54) is 77.0 Å². The predicted octanol–water partition coefficient (Wildman–Crippen LogP) is 7.36. The molecule has 9 fully saturated rings. The molecule has 2 unspecified atom stereocenters. The predicted molar refractivity (Wildman–Crippen MR) is 147 cm³/mol. The van der Waals surface area contributed by atoms with Crippen LogP contribution in [-0.4, -0.2) is 21.0 Å². The maximum Gasteiger partial charge on any atom is 0.0786 e. The van der Waals surface area contributed by atoms with Crippen LogP contribution < -0.4 is 0 Å². The third-order valence-corrected chi connectivity index (χ3v) is 25.4. The van der Waals surface area contributed by atoms with Crippen LogP contribution in [-0.2, 0) is 49.0 Å². The Morgan fingerprint density at radius 1 is 0.531 bits per heavy atom. The first-order chi connectivity index (χ1) is 15.0. The van der Waals surface area contributed by atoms with Gasteiger partial charge in [-0.3, -0.25) is 0 Å². The van der Waals surface area contributed by atoms with Crippen molar-refractivity contribution in [1.29, 1.82) is 0 Å². The molecular weight excluding hydrogens is 506 g/mol. The molecule has 0 aromatic heterocycles. The van der Waals surface area contributed by atoms with Gasteiger partial charge in [-0.15, -0.1) is 8.88 Å². The smallest absolute Gasteiger partial charge is 0.0786 e. The fourth-order valence-electron chi connectivity index (χ4n) is 11.2. The summed E-state index contributed by atoms with van der Waals surface area (Å²) in [6.45, 7) is 4.89. The second-order valence-electron chi connectivity index (χ2n) is 13.5. The molecule has 9 aliphatic rings. The highest BCUT2D eigenvalue weighted by Gasteiger charge is 2.67. The number of nitrogens with zero attached hydrogens (tertiary/aromatic N) is 2. The van der Waals surface area contributed by atoms with Gasteiger partial charge in [0.05, 0.1) is 12.1 Å². The summed E-state index contributed by atoms with van der Waals surface area (Å²) >= 11 is 25.6. The minimum absolute atomic E-state index is 0.399. The van der Waals surface area contributed by atoms with E-state index in [1.54, 1.807) is 0 Å². The monoisotopic (exact) mass is 544 g/mol. The maximum atomic E-state index is 6.40. The largest absolute Gasteiger partial charge is 0.534 e. The quantitative estimate of drug-likeness (QED) is 0.268. The summed E-state index contributed by atoms with van der Waals surface area (Å²) in [6, 6.07) is 0.810. The molecule has 8 bridgehead atoms. The number of hydrogen-bond acceptors (Lipinski definition) is 6. The Balaban J connectivity index is 1.17. The molecule has 8 heteroatoms. The van der Waals surface area contributed by atoms with Gasteiger partial charge in [0.1, 0.15) is 0 Å². The fourth-order valence-corrected chi connectivity index (χ4v) is 31.4. The van der Waals surface area contributed by atoms with E-state index in [9.17, 15) is 0 Å². The van der Waals surface area contributed by atoms with Crippen LogP contribution in [0.3, 0.4) is 0 Å². The van der Waals surface area contributed by atoms with Gasteiger partial charge in [-0.25, -0.2) is 0 Å². The Kier molecular flexibility index (Phi) is 5.38. The van der Waals surface area contributed by atoms with Crippen molar-refractivity contribution in [2.75, 3.05) is 0 Å². The van der Waals surface area contributed by atoms with Gasteiger partial charge >= 0.3 is 0 Å². The highest BCUT2D eigenvalue weighted by atomic mass is 33.1. The minimum Gasteiger partial charge on any atom is -0.534 e. The molecule has 0 N–H and O–H groups in total. The summed E-state index contributed by atoms with van der Waals surface area (Å²) in [7, 11) is 0. The summed E-state index contributed by atoms with van der Waals surface area (Å²) in [5.74, 6) is 1.17. The molecule has 8 saturated carbocycles. The Hall–Kier alpha value is 2.18. The third-order valence-electron chi connectivity index (χ3n) is 11.7. The molecule has 180 valence electrons. The number of rotatable bonds is 4. The van der Waals surface area contributed by atoms with Crippen molar-refractivity contribution in [3.8, 4) is 0 Å². The van der Waals surface area contributed by atoms with E-state index in [-0.39, 0.29) is 0 Å². The van der Waals surface area contributed by atoms with E-state index in [1.807, 2.05) is 0 Å². The van der Waals surface area contributed by atoms with Gasteiger partial charge in [-0.05, 0) is 149 Å². The zero-order chi connectivity index (χ0) is 22.3. The van der Waals surface area contributed by atoms with Crippen molar-refractivity contribution >= 4 is 60.9 Å². The highest BCUT2D eigenvalue weighted by molar-refractivity contribution is 8.86. The normalized spacial score (nSPS) is 54.6. The van der Waals surface area contributed by atoms with Crippen LogP contribution in [0.15, 0.2) is 0 Å². The van der Waals surface area contributed by atoms with Crippen molar-refractivity contribution in [2.45, 2.75) is 103 Å². The Labute approximate surface area is 218 Å². The summed E-state index contributed by atoms with van der Waals surface area (Å²) in [5, 5.41) is 0. The lowest BCUT2D eigenvalue weighted by Crippen LogP contribution is -2.64. The van der Waals surface area contributed by atoms with E-state index < -0.39 is 11.9 Å². The van der Waals surface area contributed by atoms with Crippen LogP contribution in [0.4, 0.5) is 0 Å². The van der Waals surface area contributed by atoms with E-state index >= 15 is 0 Å². The molecule has 0 radical (unpaired) electrons. The van der Waals surface area contributed by atoms with E-state index in [0.29, 0.717) is 22.9 Å². The minimum atomic E-state index is -2.24. The van der Waals surface area contributed by atoms with Gasteiger partial charge in [-0.1, -0.05) is 0 Å². The molecule has 0 spiro atoms. The van der Waals surface area contributed by atoms with E-state index in [0.717, 1.165) is 35.5 Å². The molecular formula is C24H38N2P2S4-2. The van der Waals surface area contributed by atoms with Crippen molar-refractivity contribution in [2.24, 2.45) is 46.3 Å². The molecule has 8 aliphatic carbocycles. The molecule has 0 aromatic carbocycles. The highest BCUT2D eigenvalue weighted by Crippen LogP contribution is 2.97. The molecule has 0 aromatic rings. The van der Waals surface area contributed by atoms with Gasteiger partial charge in [0.2, 0.25) is 0 Å². The Morgan fingerprint density at radius 2 is 0.750 bits per heavy atom. The van der Waals surface area contributed by atoms with E-state index in [4.69, 9.17) is 49.0 Å². The number of hydrogen-bond donors (Lipinski definition) is 0. The first-order valence-corrected chi connectivity index (χ1v) is 20.7. The summed E-state index contributed by atoms with van der Waals surface area (Å²) in [6.07, 6.45) is 17.2. The van der Waals surface area contributed by atoms with Crippen LogP contribution in [0.2, 0.25) is 0 Å². The average Bonchev–Trinajstić information content (AvgIpc) is 2.64. The molecule has 1 aliphatic heterocycles. The standard InChI is InChI=1S/C24H40N2P2S4/c1-15(23-9-17-3-18(10-23)5-19(4-17)11-23)25-27(29,30)26(28(25,31)32)16(2)24-12-20-6-21(13-24)8-22(7-20)14-24/h15-22H,3-14H2,1-2H3,(H,29,30)(H,31,32)/p-2. The fraction of sp³-hybridized carbons (Fsp3) is 1.00. The lowest BCUT2D eigenvalue weighted by molar-refractivity contribution is -0.0837. The van der Waals surface area contributed by atoms with Gasteiger partial charge < -0.3 is 49.0 Å². The Morgan fingerprint density at radius 3 is 0.969 bits per heavy atom. The second-order valence-corrected chi connectivity index (χ2v) is 25.3. The SMILES string of the molecule is CC(N1[P+]([S-])([S-])N(C(C)C23CC4CC(CC(C4)C2)C3)[P+]1([S-])[S-])C12CC3CC(CC(C3)C1)C2. The first kappa shape index (κ1) is 23.3. The van der Waals surface area contributed by atoms with Crippen LogP contribution in [0.5, 0.6) is 0 Å². The Bertz CT molecular complexity index is 671. The summed E-state index contributed by atoms with van der Waals surface area (Å²) < 4.78 is 5.00. The van der Waals surface area contributed by atoms with Gasteiger partial charge in [0.25, 0.3) is 0 Å². The van der Waals surface area contributed by atoms with E-state index in [2.05, 4.69) is 22.7 Å². The lowest BCUT2D eigenvalue weighted by atomic mass is 9.48. The molecule has 1 saturated heterocycles. The molecule has 2 nitrogen and oxygen atoms in total. The maximum absolute atomic E-state index is 6.40. The topological polar surface area (TPSA) is 6.48 Å². The zero-order valence-corrected chi connectivity index (χ0v) is 24.6. The van der Waals surface area contributed by atoms with Crippen molar-refractivity contribution in [3.63, 3.8) is 0 Å². The third kappa shape index (κ3) is 3.12. The molecule has 0 amide bonds. The van der Waals surface area contributed by atoms with Gasteiger partial charge in [0.15, 0.2) is 0 Å². The van der Waals surface area contributed by atoms with Crippen LogP contribution in [0.25, 0.3) is 0 Å². The van der Waals surface area contributed by atoms with Crippen LogP contribution in [0.1, 0.15) is 90.9 Å². The second kappa shape index (κ2) is 7.39. The lowest BCUT2D eigenvalue weighted by Gasteiger charge is -2.79. The summed E-state index contributed by atoms with van der Waals surface area (Å²) in [4.78, 5) is 0. The molecule has 32 heavy (non-hydrogen) atoms. The van der Waals surface area contributed by atoms with Crippen molar-refractivity contribution < 1.29 is 0 Å². The van der Waals surface area contributed by atoms with Crippen molar-refractivity contribution in [1.82, 2.24) is 8.88 Å². The zero-order valence-electron chi connectivity index (χ0n) is 19.5. The molecule has 2 atom stereocenters. The first-order valence-electron chi connectivity index (χ1n) is 13.2. The van der Waals surface area contributed by atoms with Gasteiger partial charge in [-0.2, -0.15) is 0 Å². The molecule has 1 heterocycles. The van der Waals surface area contributed by atoms with Crippen LogP contribution >= 0.6 is 11.9 Å². The molecule has 9 rings (SSSR count). The van der Waals surface area contributed by atoms with Crippen LogP contribution in [0, 0.1) is 46.3 Å². The van der Waals surface area contributed by atoms with Gasteiger partial charge in [0, 0.05) is 0 Å². The van der Waals surface area contributed by atoms with Crippen molar-refractivity contribution in [3.05, 3.63) is 0 Å². The average molecular weight is 545 g/mol. The summed E-state index contributed by atoms with van der Waals surface area (Å²) in [5.41, 5.74) is 0.799.